The van der Waals surface area contributed by atoms with E-state index in [-0.39, 0.29) is 17.7 Å². The van der Waals surface area contributed by atoms with Crippen LogP contribution in [0.5, 0.6) is 0 Å². The van der Waals surface area contributed by atoms with Crippen molar-refractivity contribution < 1.29 is 9.59 Å². The average molecular weight is 317 g/mol. The minimum Gasteiger partial charge on any atom is -0.304 e. The second-order valence-corrected chi connectivity index (χ2v) is 6.57. The summed E-state index contributed by atoms with van der Waals surface area (Å²) in [5, 5.41) is 0. The molecule has 3 heteroatoms. The zero-order valence-electron chi connectivity index (χ0n) is 13.9. The lowest BCUT2D eigenvalue weighted by Crippen LogP contribution is -2.40. The predicted molar refractivity (Wildman–Crippen MR) is 95.1 cm³/mol. The van der Waals surface area contributed by atoms with Crippen molar-refractivity contribution in [3.63, 3.8) is 0 Å². The first-order valence-electron chi connectivity index (χ1n) is 8.31. The van der Waals surface area contributed by atoms with Crippen LogP contribution >= 0.6 is 0 Å². The number of ketones is 1. The minimum atomic E-state index is -0.139. The number of carbonyl (C=O) groups excluding carboxylic acids is 2. The summed E-state index contributed by atoms with van der Waals surface area (Å²) in [7, 11) is 0. The Kier molecular flexibility index (Phi) is 3.38. The van der Waals surface area contributed by atoms with Crippen molar-refractivity contribution in [3.05, 3.63) is 70.8 Å². The van der Waals surface area contributed by atoms with Crippen molar-refractivity contribution in [1.29, 1.82) is 0 Å². The summed E-state index contributed by atoms with van der Waals surface area (Å²) in [6.45, 7) is 4.04. The molecule has 0 N–H and O–H groups in total. The molecule has 0 spiro atoms. The van der Waals surface area contributed by atoms with Crippen molar-refractivity contribution >= 4 is 23.0 Å². The van der Waals surface area contributed by atoms with Gasteiger partial charge in [0.25, 0.3) is 0 Å². The molecule has 2 aliphatic heterocycles. The standard InChI is InChI=1S/C21H19NO2/c1-13-8-9-17-16(12-13)14(2)20(18-10-11-19(23)22(17)18)21(24)15-6-4-3-5-7-15/h3-9,12,18H,10-11H2,1-2H3. The molecule has 0 saturated carbocycles. The lowest BCUT2D eigenvalue weighted by atomic mass is 9.84. The summed E-state index contributed by atoms with van der Waals surface area (Å²) >= 11 is 0. The molecule has 120 valence electrons. The average Bonchev–Trinajstić information content (AvgIpc) is 2.97. The van der Waals surface area contributed by atoms with Gasteiger partial charge in [0.2, 0.25) is 5.91 Å². The maximum absolute atomic E-state index is 13.2. The number of allylic oxidation sites excluding steroid dienone is 1. The Morgan fingerprint density at radius 3 is 2.58 bits per heavy atom. The van der Waals surface area contributed by atoms with Gasteiger partial charge in [-0.05, 0) is 38.0 Å². The monoisotopic (exact) mass is 317 g/mol. The molecule has 0 aromatic heterocycles. The molecule has 0 bridgehead atoms. The van der Waals surface area contributed by atoms with Gasteiger partial charge in [0.15, 0.2) is 5.78 Å². The zero-order valence-corrected chi connectivity index (χ0v) is 13.9. The Morgan fingerprint density at radius 1 is 1.08 bits per heavy atom. The number of rotatable bonds is 2. The van der Waals surface area contributed by atoms with E-state index in [0.29, 0.717) is 18.4 Å². The maximum Gasteiger partial charge on any atom is 0.227 e. The lowest BCUT2D eigenvalue weighted by Gasteiger charge is -2.34. The van der Waals surface area contributed by atoms with Gasteiger partial charge in [-0.3, -0.25) is 9.59 Å². The molecule has 4 rings (SSSR count). The van der Waals surface area contributed by atoms with Gasteiger partial charge in [-0.2, -0.15) is 0 Å². The molecule has 2 heterocycles. The third-order valence-electron chi connectivity index (χ3n) is 5.05. The summed E-state index contributed by atoms with van der Waals surface area (Å²) < 4.78 is 0. The van der Waals surface area contributed by atoms with Crippen LogP contribution in [0.1, 0.15) is 41.3 Å². The van der Waals surface area contributed by atoms with Crippen LogP contribution in [0, 0.1) is 6.92 Å². The largest absolute Gasteiger partial charge is 0.304 e. The second kappa shape index (κ2) is 5.45. The fourth-order valence-electron chi connectivity index (χ4n) is 3.88. The van der Waals surface area contributed by atoms with Crippen molar-refractivity contribution in [1.82, 2.24) is 0 Å². The highest BCUT2D eigenvalue weighted by atomic mass is 16.2. The topological polar surface area (TPSA) is 37.4 Å². The zero-order chi connectivity index (χ0) is 16.8. The second-order valence-electron chi connectivity index (χ2n) is 6.57. The molecule has 0 aliphatic carbocycles. The number of fused-ring (bicyclic) bond motifs is 3. The van der Waals surface area contributed by atoms with Crippen LogP contribution in [0.2, 0.25) is 0 Å². The Hall–Kier alpha value is -2.68. The number of hydrogen-bond acceptors (Lipinski definition) is 2. The summed E-state index contributed by atoms with van der Waals surface area (Å²) in [6.07, 6.45) is 1.20. The number of nitrogens with zero attached hydrogens (tertiary/aromatic N) is 1. The molecule has 2 aliphatic rings. The molecular weight excluding hydrogens is 298 g/mol. The molecule has 1 fully saturated rings. The smallest absolute Gasteiger partial charge is 0.227 e. The van der Waals surface area contributed by atoms with Crippen LogP contribution in [-0.4, -0.2) is 17.7 Å². The number of aryl methyl sites for hydroxylation is 1. The van der Waals surface area contributed by atoms with Gasteiger partial charge in [0.05, 0.1) is 11.7 Å². The summed E-state index contributed by atoms with van der Waals surface area (Å²) in [6, 6.07) is 15.3. The van der Waals surface area contributed by atoms with E-state index in [4.69, 9.17) is 0 Å². The van der Waals surface area contributed by atoms with E-state index in [1.54, 1.807) is 0 Å². The number of amides is 1. The quantitative estimate of drug-likeness (QED) is 0.780. The number of anilines is 1. The van der Waals surface area contributed by atoms with Gasteiger partial charge in [-0.15, -0.1) is 0 Å². The Labute approximate surface area is 141 Å². The molecule has 1 unspecified atom stereocenters. The summed E-state index contributed by atoms with van der Waals surface area (Å²) in [5.74, 6) is 0.140. The van der Waals surface area contributed by atoms with Crippen molar-refractivity contribution in [2.24, 2.45) is 0 Å². The van der Waals surface area contributed by atoms with Gasteiger partial charge in [-0.1, -0.05) is 42.0 Å². The highest BCUT2D eigenvalue weighted by Crippen LogP contribution is 2.43. The fourth-order valence-corrected chi connectivity index (χ4v) is 3.88. The van der Waals surface area contributed by atoms with E-state index in [9.17, 15) is 9.59 Å². The van der Waals surface area contributed by atoms with Crippen LogP contribution in [0.15, 0.2) is 54.1 Å². The first-order chi connectivity index (χ1) is 11.6. The first kappa shape index (κ1) is 14.9. The van der Waals surface area contributed by atoms with E-state index in [1.165, 1.54) is 0 Å². The Morgan fingerprint density at radius 2 is 1.83 bits per heavy atom. The molecule has 0 radical (unpaired) electrons. The van der Waals surface area contributed by atoms with Gasteiger partial charge >= 0.3 is 0 Å². The van der Waals surface area contributed by atoms with Crippen LogP contribution in [0.4, 0.5) is 5.69 Å². The predicted octanol–water partition coefficient (Wildman–Crippen LogP) is 4.16. The van der Waals surface area contributed by atoms with Crippen LogP contribution in [0.25, 0.3) is 5.57 Å². The molecule has 2 aromatic carbocycles. The van der Waals surface area contributed by atoms with E-state index in [2.05, 4.69) is 6.07 Å². The molecule has 24 heavy (non-hydrogen) atoms. The van der Waals surface area contributed by atoms with Gasteiger partial charge in [0.1, 0.15) is 0 Å². The Balaban J connectivity index is 1.93. The van der Waals surface area contributed by atoms with Crippen LogP contribution < -0.4 is 4.90 Å². The molecular formula is C21H19NO2. The van der Waals surface area contributed by atoms with E-state index in [0.717, 1.165) is 28.0 Å². The minimum absolute atomic E-state index is 0.0324. The van der Waals surface area contributed by atoms with Crippen LogP contribution in [-0.2, 0) is 4.79 Å². The molecule has 1 amide bonds. The highest BCUT2D eigenvalue weighted by molar-refractivity contribution is 6.18. The number of carbonyl (C=O) groups is 2. The third kappa shape index (κ3) is 2.12. The molecule has 3 nitrogen and oxygen atoms in total. The van der Waals surface area contributed by atoms with Gasteiger partial charge in [0, 0.05) is 23.1 Å². The lowest BCUT2D eigenvalue weighted by molar-refractivity contribution is -0.117. The van der Waals surface area contributed by atoms with Crippen molar-refractivity contribution in [3.8, 4) is 0 Å². The fraction of sp³-hybridized carbons (Fsp3) is 0.238. The molecule has 1 saturated heterocycles. The van der Waals surface area contributed by atoms with E-state index >= 15 is 0 Å². The van der Waals surface area contributed by atoms with Crippen molar-refractivity contribution in [2.45, 2.75) is 32.7 Å². The Bertz CT molecular complexity index is 880. The first-order valence-corrected chi connectivity index (χ1v) is 8.31. The van der Waals surface area contributed by atoms with E-state index in [1.807, 2.05) is 61.2 Å². The number of hydrogen-bond donors (Lipinski definition) is 0. The third-order valence-corrected chi connectivity index (χ3v) is 5.05. The van der Waals surface area contributed by atoms with Gasteiger partial charge < -0.3 is 4.90 Å². The number of benzene rings is 2. The van der Waals surface area contributed by atoms with Crippen molar-refractivity contribution in [2.75, 3.05) is 4.90 Å². The van der Waals surface area contributed by atoms with Gasteiger partial charge in [-0.25, -0.2) is 0 Å². The summed E-state index contributed by atoms with van der Waals surface area (Å²) in [4.78, 5) is 27.4. The molecule has 2 aromatic rings. The SMILES string of the molecule is CC1=C(C(=O)c2ccccc2)C2CCC(=O)N2c2ccc(C)cc21. The normalized spacial score (nSPS) is 19.3. The summed E-state index contributed by atoms with van der Waals surface area (Å²) in [5.41, 5.74) is 5.52. The maximum atomic E-state index is 13.2. The number of Topliss-reactive ketones (excluding diaryl/α,β-unsaturated/α-hetero) is 1. The highest BCUT2D eigenvalue weighted by Gasteiger charge is 2.42. The van der Waals surface area contributed by atoms with Crippen LogP contribution in [0.3, 0.4) is 0 Å². The van der Waals surface area contributed by atoms with E-state index < -0.39 is 0 Å². The molecule has 1 atom stereocenters.